The smallest absolute Gasteiger partial charge is 0.272 e. The highest BCUT2D eigenvalue weighted by molar-refractivity contribution is 9.10. The molecule has 4 nitrogen and oxygen atoms in total. The van der Waals surface area contributed by atoms with E-state index in [0.717, 1.165) is 10.0 Å². The topological polar surface area (TPSA) is 58.2 Å². The molecule has 0 radical (unpaired) electrons. The zero-order chi connectivity index (χ0) is 15.9. The molecule has 0 aliphatic heterocycles. The van der Waals surface area contributed by atoms with E-state index in [-0.39, 0.29) is 17.5 Å². The molecule has 0 spiro atoms. The average Bonchev–Trinajstić information content (AvgIpc) is 2.49. The summed E-state index contributed by atoms with van der Waals surface area (Å²) in [5.74, 6) is -0.685. The Morgan fingerprint density at radius 1 is 1.00 bits per heavy atom. The van der Waals surface area contributed by atoms with E-state index >= 15 is 0 Å². The van der Waals surface area contributed by atoms with Crippen molar-refractivity contribution < 1.29 is 9.59 Å². The molecule has 0 aliphatic rings. The van der Waals surface area contributed by atoms with Gasteiger partial charge in [-0.1, -0.05) is 42.5 Å². The van der Waals surface area contributed by atoms with Crippen molar-refractivity contribution in [1.29, 1.82) is 0 Å². The van der Waals surface area contributed by atoms with Gasteiger partial charge < -0.3 is 10.6 Å². The van der Waals surface area contributed by atoms with Gasteiger partial charge in [0.25, 0.3) is 5.91 Å². The molecule has 22 heavy (non-hydrogen) atoms. The minimum atomic E-state index is -0.383. The molecule has 2 aromatic carbocycles. The summed E-state index contributed by atoms with van der Waals surface area (Å²) in [6.45, 7) is 1.37. The van der Waals surface area contributed by atoms with Crippen LogP contribution in [0, 0.1) is 0 Å². The molecule has 0 aromatic heterocycles. The summed E-state index contributed by atoms with van der Waals surface area (Å²) in [5, 5.41) is 5.33. The third-order valence-corrected chi connectivity index (χ3v) is 3.48. The minimum absolute atomic E-state index is 0.189. The Morgan fingerprint density at radius 2 is 1.64 bits per heavy atom. The van der Waals surface area contributed by atoms with E-state index in [1.54, 1.807) is 12.1 Å². The molecular weight excluding hydrogens is 344 g/mol. The molecule has 0 saturated heterocycles. The van der Waals surface area contributed by atoms with Crippen LogP contribution in [-0.2, 0) is 9.59 Å². The Kier molecular flexibility index (Phi) is 5.49. The summed E-state index contributed by atoms with van der Waals surface area (Å²) in [6, 6.07) is 16.6. The second-order valence-electron chi connectivity index (χ2n) is 4.58. The van der Waals surface area contributed by atoms with Gasteiger partial charge in [-0.15, -0.1) is 0 Å². The lowest BCUT2D eigenvalue weighted by Gasteiger charge is -2.11. The Bertz CT molecular complexity index is 712. The van der Waals surface area contributed by atoms with Gasteiger partial charge in [0.2, 0.25) is 5.91 Å². The lowest BCUT2D eigenvalue weighted by molar-refractivity contribution is -0.120. The van der Waals surface area contributed by atoms with Gasteiger partial charge in [0.1, 0.15) is 5.70 Å². The summed E-state index contributed by atoms with van der Waals surface area (Å²) < 4.78 is 0.769. The van der Waals surface area contributed by atoms with Crippen molar-refractivity contribution in [2.45, 2.75) is 6.92 Å². The highest BCUT2D eigenvalue weighted by Gasteiger charge is 2.12. The normalized spacial score (nSPS) is 10.9. The number of rotatable bonds is 4. The maximum atomic E-state index is 12.4. The van der Waals surface area contributed by atoms with Crippen molar-refractivity contribution in [3.05, 3.63) is 70.3 Å². The second kappa shape index (κ2) is 7.56. The lowest BCUT2D eigenvalue weighted by Crippen LogP contribution is -2.29. The fourth-order valence-corrected chi connectivity index (χ4v) is 2.20. The average molecular weight is 359 g/mol. The highest BCUT2D eigenvalue weighted by Crippen LogP contribution is 2.21. The molecule has 2 aromatic rings. The largest absolute Gasteiger partial charge is 0.322 e. The van der Waals surface area contributed by atoms with Crippen molar-refractivity contribution in [1.82, 2.24) is 5.32 Å². The summed E-state index contributed by atoms with van der Waals surface area (Å²) in [6.07, 6.45) is 1.63. The molecule has 2 N–H and O–H groups in total. The van der Waals surface area contributed by atoms with Crippen molar-refractivity contribution in [3.63, 3.8) is 0 Å². The number of carbonyl (C=O) groups excluding carboxylic acids is 2. The first-order valence-electron chi connectivity index (χ1n) is 6.66. The van der Waals surface area contributed by atoms with Gasteiger partial charge in [-0.25, -0.2) is 0 Å². The number of carbonyl (C=O) groups is 2. The van der Waals surface area contributed by atoms with Crippen LogP contribution in [0.2, 0.25) is 0 Å². The first-order chi connectivity index (χ1) is 10.6. The number of para-hydroxylation sites is 1. The van der Waals surface area contributed by atoms with Crippen LogP contribution in [0.4, 0.5) is 5.69 Å². The van der Waals surface area contributed by atoms with Gasteiger partial charge >= 0.3 is 0 Å². The van der Waals surface area contributed by atoms with E-state index in [1.165, 1.54) is 6.92 Å². The van der Waals surface area contributed by atoms with E-state index < -0.39 is 0 Å². The van der Waals surface area contributed by atoms with Crippen LogP contribution in [0.3, 0.4) is 0 Å². The fraction of sp³-hybridized carbons (Fsp3) is 0.0588. The van der Waals surface area contributed by atoms with Crippen LogP contribution >= 0.6 is 15.9 Å². The van der Waals surface area contributed by atoms with Crippen molar-refractivity contribution in [2.24, 2.45) is 0 Å². The summed E-state index contributed by atoms with van der Waals surface area (Å²) in [5.41, 5.74) is 1.65. The van der Waals surface area contributed by atoms with E-state index in [9.17, 15) is 9.59 Å². The van der Waals surface area contributed by atoms with Crippen molar-refractivity contribution in [2.75, 3.05) is 5.32 Å². The van der Waals surface area contributed by atoms with Crippen LogP contribution < -0.4 is 10.6 Å². The number of anilines is 1. The molecule has 5 heteroatoms. The zero-order valence-corrected chi connectivity index (χ0v) is 13.6. The predicted octanol–water partition coefficient (Wildman–Crippen LogP) is 3.56. The highest BCUT2D eigenvalue weighted by atomic mass is 79.9. The van der Waals surface area contributed by atoms with E-state index in [2.05, 4.69) is 26.6 Å². The molecule has 0 saturated carbocycles. The minimum Gasteiger partial charge on any atom is -0.322 e. The van der Waals surface area contributed by atoms with Gasteiger partial charge in [-0.05, 0) is 39.7 Å². The molecule has 0 fully saturated rings. The van der Waals surface area contributed by atoms with Gasteiger partial charge in [0.15, 0.2) is 0 Å². The third-order valence-electron chi connectivity index (χ3n) is 2.79. The Labute approximate surface area is 137 Å². The lowest BCUT2D eigenvalue weighted by atomic mass is 10.2. The van der Waals surface area contributed by atoms with Crippen molar-refractivity contribution >= 4 is 39.5 Å². The number of benzene rings is 2. The molecule has 0 bridgehead atoms. The predicted molar refractivity (Wildman–Crippen MR) is 91.0 cm³/mol. The van der Waals surface area contributed by atoms with E-state index in [4.69, 9.17) is 0 Å². The molecule has 2 rings (SSSR count). The monoisotopic (exact) mass is 358 g/mol. The van der Waals surface area contributed by atoms with Crippen molar-refractivity contribution in [3.8, 4) is 0 Å². The first kappa shape index (κ1) is 16.0. The molecule has 0 heterocycles. The van der Waals surface area contributed by atoms with E-state index in [1.807, 2.05) is 48.5 Å². The summed E-state index contributed by atoms with van der Waals surface area (Å²) in [4.78, 5) is 23.7. The number of hydrogen-bond acceptors (Lipinski definition) is 2. The van der Waals surface area contributed by atoms with Gasteiger partial charge in [-0.3, -0.25) is 9.59 Å². The maximum Gasteiger partial charge on any atom is 0.272 e. The maximum absolute atomic E-state index is 12.4. The summed E-state index contributed by atoms with van der Waals surface area (Å²) >= 11 is 3.37. The van der Waals surface area contributed by atoms with Crippen LogP contribution in [0.1, 0.15) is 12.5 Å². The molecule has 112 valence electrons. The van der Waals surface area contributed by atoms with Crippen LogP contribution in [0.5, 0.6) is 0 Å². The molecule has 0 atom stereocenters. The Morgan fingerprint density at radius 3 is 2.27 bits per heavy atom. The Balaban J connectivity index is 2.26. The molecular formula is C17H15BrN2O2. The standard InChI is InChI=1S/C17H15BrN2O2/c1-12(21)19-16(11-13-7-3-2-4-8-13)17(22)20-15-10-6-5-9-14(15)18/h2-11H,1H3,(H,19,21)(H,20,22). The van der Waals surface area contributed by atoms with Gasteiger partial charge in [0.05, 0.1) is 5.69 Å². The van der Waals surface area contributed by atoms with E-state index in [0.29, 0.717) is 5.69 Å². The third kappa shape index (κ3) is 4.56. The number of nitrogens with one attached hydrogen (secondary N) is 2. The second-order valence-corrected chi connectivity index (χ2v) is 5.44. The number of hydrogen-bond donors (Lipinski definition) is 2. The number of halogens is 1. The number of amides is 2. The molecule has 0 unspecified atom stereocenters. The van der Waals surface area contributed by atoms with Crippen LogP contribution in [-0.4, -0.2) is 11.8 Å². The fourth-order valence-electron chi connectivity index (χ4n) is 1.82. The van der Waals surface area contributed by atoms with Gasteiger partial charge in [-0.2, -0.15) is 0 Å². The molecule has 2 amide bonds. The first-order valence-corrected chi connectivity index (χ1v) is 7.46. The Hall–Kier alpha value is -2.40. The van der Waals surface area contributed by atoms with Gasteiger partial charge in [0, 0.05) is 11.4 Å². The van der Waals surface area contributed by atoms with Crippen LogP contribution in [0.15, 0.2) is 64.8 Å². The van der Waals surface area contributed by atoms with Crippen LogP contribution in [0.25, 0.3) is 6.08 Å². The quantitative estimate of drug-likeness (QED) is 0.820. The zero-order valence-electron chi connectivity index (χ0n) is 12.0. The SMILES string of the molecule is CC(=O)NC(=Cc1ccccc1)C(=O)Nc1ccccc1Br. The molecule has 0 aliphatic carbocycles. The summed E-state index contributed by atoms with van der Waals surface area (Å²) in [7, 11) is 0.